The molecule has 1 aromatic carbocycles. The molecule has 1 aliphatic heterocycles. The first kappa shape index (κ1) is 14.0. The van der Waals surface area contributed by atoms with Crippen molar-refractivity contribution in [1.82, 2.24) is 4.90 Å². The van der Waals surface area contributed by atoms with E-state index < -0.39 is 11.8 Å². The molecule has 0 bridgehead atoms. The number of nitrogens with zero attached hydrogens (tertiary/aromatic N) is 1. The maximum atomic E-state index is 13.9. The third kappa shape index (κ3) is 2.62. The van der Waals surface area contributed by atoms with E-state index in [1.54, 1.807) is 6.07 Å². The van der Waals surface area contributed by atoms with Gasteiger partial charge in [0, 0.05) is 12.6 Å². The van der Waals surface area contributed by atoms with E-state index in [4.69, 9.17) is 10.8 Å². The molecule has 0 spiro atoms. The number of likely N-dealkylation sites (tertiary alicyclic amines) is 1. The smallest absolute Gasteiger partial charge is 0.336 e. The van der Waals surface area contributed by atoms with Crippen LogP contribution in [0.5, 0.6) is 0 Å². The van der Waals surface area contributed by atoms with Gasteiger partial charge in [0.05, 0.1) is 5.56 Å². The lowest BCUT2D eigenvalue weighted by Crippen LogP contribution is -2.21. The fourth-order valence-corrected chi connectivity index (χ4v) is 2.78. The Hall–Kier alpha value is -1.46. The Morgan fingerprint density at radius 3 is 2.79 bits per heavy atom. The van der Waals surface area contributed by atoms with Crippen LogP contribution in [0.4, 0.5) is 4.39 Å². The fourth-order valence-electron chi connectivity index (χ4n) is 2.78. The third-order valence-electron chi connectivity index (χ3n) is 3.95. The summed E-state index contributed by atoms with van der Waals surface area (Å²) in [6, 6.07) is 3.07. The number of rotatable bonds is 3. The number of carbonyl (C=O) groups is 1. The van der Waals surface area contributed by atoms with Gasteiger partial charge in [-0.05, 0) is 56.1 Å². The van der Waals surface area contributed by atoms with Gasteiger partial charge in [-0.25, -0.2) is 9.18 Å². The van der Waals surface area contributed by atoms with Crippen LogP contribution in [0.25, 0.3) is 0 Å². The lowest BCUT2D eigenvalue weighted by molar-refractivity contribution is 0.0695. The molecule has 5 heteroatoms. The average molecular weight is 266 g/mol. The normalized spacial score (nSPS) is 23.8. The van der Waals surface area contributed by atoms with E-state index in [2.05, 4.69) is 4.90 Å². The predicted octanol–water partition coefficient (Wildman–Crippen LogP) is 1.78. The van der Waals surface area contributed by atoms with Gasteiger partial charge < -0.3 is 10.8 Å². The molecular formula is C14H19FN2O2. The Labute approximate surface area is 112 Å². The second-order valence-corrected chi connectivity index (χ2v) is 5.27. The van der Waals surface area contributed by atoms with Crippen molar-refractivity contribution < 1.29 is 14.3 Å². The van der Waals surface area contributed by atoms with Gasteiger partial charge in [-0.3, -0.25) is 4.90 Å². The average Bonchev–Trinajstić information content (AvgIpc) is 2.73. The minimum absolute atomic E-state index is 0.0413. The van der Waals surface area contributed by atoms with Gasteiger partial charge in [0.1, 0.15) is 5.82 Å². The van der Waals surface area contributed by atoms with Gasteiger partial charge in [-0.15, -0.1) is 0 Å². The molecule has 3 N–H and O–H groups in total. The number of aromatic carboxylic acids is 1. The number of carboxylic acid groups (broad SMARTS) is 1. The number of hydrogen-bond donors (Lipinski definition) is 2. The molecule has 0 aromatic heterocycles. The maximum Gasteiger partial charge on any atom is 0.336 e. The van der Waals surface area contributed by atoms with Crippen molar-refractivity contribution in [2.24, 2.45) is 11.7 Å². The SMILES string of the molecule is Cc1c(F)cc(C2CC(CN)CN2C)cc1C(=O)O. The van der Waals surface area contributed by atoms with E-state index in [9.17, 15) is 9.18 Å². The molecule has 0 amide bonds. The summed E-state index contributed by atoms with van der Waals surface area (Å²) in [6.45, 7) is 2.95. The summed E-state index contributed by atoms with van der Waals surface area (Å²) in [7, 11) is 1.96. The standard InChI is InChI=1S/C14H19FN2O2/c1-8-11(14(18)19)4-10(5-12(8)15)13-3-9(6-16)7-17(13)2/h4-5,9,13H,3,6-7,16H2,1-2H3,(H,18,19). The molecule has 2 unspecified atom stereocenters. The third-order valence-corrected chi connectivity index (χ3v) is 3.95. The van der Waals surface area contributed by atoms with Crippen LogP contribution in [0.1, 0.15) is 33.9 Å². The molecule has 2 atom stereocenters. The molecule has 19 heavy (non-hydrogen) atoms. The highest BCUT2D eigenvalue weighted by Gasteiger charge is 2.30. The van der Waals surface area contributed by atoms with E-state index in [0.29, 0.717) is 12.5 Å². The highest BCUT2D eigenvalue weighted by Crippen LogP contribution is 2.35. The number of carboxylic acids is 1. The quantitative estimate of drug-likeness (QED) is 0.875. The minimum Gasteiger partial charge on any atom is -0.478 e. The van der Waals surface area contributed by atoms with Crippen LogP contribution in [0, 0.1) is 18.7 Å². The Morgan fingerprint density at radius 2 is 2.26 bits per heavy atom. The molecular weight excluding hydrogens is 247 g/mol. The summed E-state index contributed by atoms with van der Waals surface area (Å²) in [5, 5.41) is 9.12. The second-order valence-electron chi connectivity index (χ2n) is 5.27. The van der Waals surface area contributed by atoms with Crippen molar-refractivity contribution in [2.75, 3.05) is 20.1 Å². The maximum absolute atomic E-state index is 13.9. The zero-order valence-electron chi connectivity index (χ0n) is 11.2. The molecule has 104 valence electrons. The van der Waals surface area contributed by atoms with Gasteiger partial charge in [0.25, 0.3) is 0 Å². The van der Waals surface area contributed by atoms with Gasteiger partial charge in [-0.2, -0.15) is 0 Å². The zero-order valence-corrected chi connectivity index (χ0v) is 11.2. The lowest BCUT2D eigenvalue weighted by Gasteiger charge is -2.20. The van der Waals surface area contributed by atoms with Gasteiger partial charge in [0.2, 0.25) is 0 Å². The van der Waals surface area contributed by atoms with E-state index in [1.165, 1.54) is 13.0 Å². The predicted molar refractivity (Wildman–Crippen MR) is 70.6 cm³/mol. The minimum atomic E-state index is -1.09. The van der Waals surface area contributed by atoms with Gasteiger partial charge in [0.15, 0.2) is 0 Å². The summed E-state index contributed by atoms with van der Waals surface area (Å²) in [6.07, 6.45) is 0.842. The van der Waals surface area contributed by atoms with E-state index >= 15 is 0 Å². The van der Waals surface area contributed by atoms with Crippen molar-refractivity contribution >= 4 is 5.97 Å². The van der Waals surface area contributed by atoms with Crippen molar-refractivity contribution in [3.05, 3.63) is 34.6 Å². The summed E-state index contributed by atoms with van der Waals surface area (Å²) in [5.74, 6) is -1.17. The van der Waals surface area contributed by atoms with Crippen molar-refractivity contribution in [3.8, 4) is 0 Å². The Balaban J connectivity index is 2.38. The topological polar surface area (TPSA) is 66.6 Å². The first-order valence-corrected chi connectivity index (χ1v) is 6.37. The highest BCUT2D eigenvalue weighted by molar-refractivity contribution is 5.89. The Morgan fingerprint density at radius 1 is 1.58 bits per heavy atom. The second kappa shape index (κ2) is 5.27. The molecule has 2 rings (SSSR count). The summed E-state index contributed by atoms with van der Waals surface area (Å²) in [4.78, 5) is 13.2. The van der Waals surface area contributed by atoms with E-state index in [0.717, 1.165) is 18.5 Å². The van der Waals surface area contributed by atoms with Crippen LogP contribution in [-0.2, 0) is 0 Å². The van der Waals surface area contributed by atoms with Crippen LogP contribution in [-0.4, -0.2) is 36.1 Å². The van der Waals surface area contributed by atoms with Gasteiger partial charge in [-0.1, -0.05) is 0 Å². The summed E-state index contributed by atoms with van der Waals surface area (Å²) < 4.78 is 13.9. The van der Waals surface area contributed by atoms with Crippen LogP contribution in [0.2, 0.25) is 0 Å². The van der Waals surface area contributed by atoms with Crippen molar-refractivity contribution in [2.45, 2.75) is 19.4 Å². The van der Waals surface area contributed by atoms with Crippen LogP contribution in [0.15, 0.2) is 12.1 Å². The highest BCUT2D eigenvalue weighted by atomic mass is 19.1. The number of nitrogens with two attached hydrogens (primary N) is 1. The molecule has 0 radical (unpaired) electrons. The number of hydrogen-bond acceptors (Lipinski definition) is 3. The lowest BCUT2D eigenvalue weighted by atomic mass is 9.96. The van der Waals surface area contributed by atoms with Crippen LogP contribution >= 0.6 is 0 Å². The number of halogens is 1. The molecule has 1 aliphatic rings. The molecule has 4 nitrogen and oxygen atoms in total. The zero-order chi connectivity index (χ0) is 14.2. The first-order valence-electron chi connectivity index (χ1n) is 6.37. The molecule has 1 fully saturated rings. The molecule has 1 heterocycles. The largest absolute Gasteiger partial charge is 0.478 e. The summed E-state index contributed by atoms with van der Waals surface area (Å²) >= 11 is 0. The summed E-state index contributed by atoms with van der Waals surface area (Å²) in [5.41, 5.74) is 6.62. The molecule has 0 aliphatic carbocycles. The Bertz CT molecular complexity index is 504. The van der Waals surface area contributed by atoms with Gasteiger partial charge >= 0.3 is 5.97 Å². The van der Waals surface area contributed by atoms with Crippen molar-refractivity contribution in [1.29, 1.82) is 0 Å². The first-order chi connectivity index (χ1) is 8.93. The van der Waals surface area contributed by atoms with Crippen LogP contribution in [0.3, 0.4) is 0 Å². The monoisotopic (exact) mass is 266 g/mol. The van der Waals surface area contributed by atoms with E-state index in [1.807, 2.05) is 7.05 Å². The molecule has 1 aromatic rings. The molecule has 1 saturated heterocycles. The fraction of sp³-hybridized carbons (Fsp3) is 0.500. The van der Waals surface area contributed by atoms with Crippen molar-refractivity contribution in [3.63, 3.8) is 0 Å². The number of benzene rings is 1. The van der Waals surface area contributed by atoms with E-state index in [-0.39, 0.29) is 17.2 Å². The molecule has 0 saturated carbocycles. The Kier molecular flexibility index (Phi) is 3.87. The van der Waals surface area contributed by atoms with Crippen LogP contribution < -0.4 is 5.73 Å².